The lowest BCUT2D eigenvalue weighted by atomic mass is 10.1. The van der Waals surface area contributed by atoms with Crippen LogP contribution in [0.3, 0.4) is 0 Å². The average Bonchev–Trinajstić information content (AvgIpc) is 2.58. The molecule has 0 spiro atoms. The number of carboxylic acid groups (broad SMARTS) is 1. The number of benzene rings is 1. The van der Waals surface area contributed by atoms with E-state index in [0.717, 1.165) is 12.1 Å². The summed E-state index contributed by atoms with van der Waals surface area (Å²) in [5, 5.41) is 8.51. The summed E-state index contributed by atoms with van der Waals surface area (Å²) in [6, 6.07) is 3.58. The number of ketones is 1. The van der Waals surface area contributed by atoms with Gasteiger partial charge in [0, 0.05) is 13.0 Å². The molecule has 6 heteroatoms. The minimum Gasteiger partial charge on any atom is -0.481 e. The van der Waals surface area contributed by atoms with Crippen LogP contribution in [0.15, 0.2) is 18.2 Å². The Morgan fingerprint density at radius 1 is 1.26 bits per heavy atom. The number of nitrogens with zero attached hydrogens (tertiary/aromatic N) is 1. The van der Waals surface area contributed by atoms with Gasteiger partial charge in [-0.2, -0.15) is 0 Å². The van der Waals surface area contributed by atoms with Gasteiger partial charge in [0.2, 0.25) is 0 Å². The molecular formula is C13H12FNO4. The van der Waals surface area contributed by atoms with E-state index in [9.17, 15) is 18.8 Å². The first-order chi connectivity index (χ1) is 9.00. The monoisotopic (exact) mass is 265 g/mol. The second-order valence-corrected chi connectivity index (χ2v) is 4.30. The topological polar surface area (TPSA) is 74.7 Å². The van der Waals surface area contributed by atoms with Gasteiger partial charge in [0.05, 0.1) is 11.3 Å². The number of unbranched alkanes of at least 4 members (excludes halogenated alkanes) is 1. The van der Waals surface area contributed by atoms with Crippen molar-refractivity contribution in [3.63, 3.8) is 0 Å². The van der Waals surface area contributed by atoms with Crippen molar-refractivity contribution in [2.45, 2.75) is 19.3 Å². The van der Waals surface area contributed by atoms with Gasteiger partial charge in [-0.15, -0.1) is 0 Å². The van der Waals surface area contributed by atoms with E-state index in [1.807, 2.05) is 0 Å². The Bertz CT molecular complexity index is 556. The molecule has 0 bridgehead atoms. The lowest BCUT2D eigenvalue weighted by Gasteiger charge is -2.15. The fourth-order valence-electron chi connectivity index (χ4n) is 2.04. The van der Waals surface area contributed by atoms with E-state index in [0.29, 0.717) is 12.8 Å². The minimum atomic E-state index is -0.907. The Morgan fingerprint density at radius 3 is 2.68 bits per heavy atom. The molecule has 1 aliphatic rings. The highest BCUT2D eigenvalue weighted by molar-refractivity contribution is 6.52. The lowest BCUT2D eigenvalue weighted by Crippen LogP contribution is -2.30. The van der Waals surface area contributed by atoms with Gasteiger partial charge in [0.1, 0.15) is 5.82 Å². The van der Waals surface area contributed by atoms with Crippen LogP contribution in [0.1, 0.15) is 29.6 Å². The molecular weight excluding hydrogens is 253 g/mol. The third-order valence-corrected chi connectivity index (χ3v) is 2.96. The van der Waals surface area contributed by atoms with E-state index >= 15 is 0 Å². The Morgan fingerprint density at radius 2 is 2.00 bits per heavy atom. The number of halogens is 1. The maximum absolute atomic E-state index is 13.2. The van der Waals surface area contributed by atoms with Crippen LogP contribution < -0.4 is 4.90 Å². The van der Waals surface area contributed by atoms with Crippen LogP contribution in [-0.4, -0.2) is 29.3 Å². The molecule has 1 amide bonds. The SMILES string of the molecule is O=C(O)CCCCN1C(=O)C(=O)c2ccc(F)cc21. The van der Waals surface area contributed by atoms with Gasteiger partial charge in [0.15, 0.2) is 0 Å². The largest absolute Gasteiger partial charge is 0.481 e. The average molecular weight is 265 g/mol. The van der Waals surface area contributed by atoms with Crippen molar-refractivity contribution in [3.8, 4) is 0 Å². The summed E-state index contributed by atoms with van der Waals surface area (Å²) < 4.78 is 13.2. The van der Waals surface area contributed by atoms with E-state index in [2.05, 4.69) is 0 Å². The predicted octanol–water partition coefficient (Wildman–Crippen LogP) is 1.61. The van der Waals surface area contributed by atoms with E-state index < -0.39 is 23.5 Å². The van der Waals surface area contributed by atoms with Crippen LogP contribution in [0.5, 0.6) is 0 Å². The summed E-state index contributed by atoms with van der Waals surface area (Å²) >= 11 is 0. The van der Waals surface area contributed by atoms with Crippen molar-refractivity contribution in [2.24, 2.45) is 0 Å². The number of aliphatic carboxylic acids is 1. The first-order valence-electron chi connectivity index (χ1n) is 5.88. The molecule has 0 aliphatic carbocycles. The van der Waals surface area contributed by atoms with Gasteiger partial charge in [-0.1, -0.05) is 0 Å². The lowest BCUT2D eigenvalue weighted by molar-refractivity contribution is -0.137. The van der Waals surface area contributed by atoms with Gasteiger partial charge in [-0.25, -0.2) is 4.39 Å². The zero-order valence-electron chi connectivity index (χ0n) is 10.1. The van der Waals surface area contributed by atoms with Gasteiger partial charge >= 0.3 is 5.97 Å². The predicted molar refractivity (Wildman–Crippen MR) is 64.6 cm³/mol. The molecule has 0 radical (unpaired) electrons. The second-order valence-electron chi connectivity index (χ2n) is 4.30. The Kier molecular flexibility index (Phi) is 3.59. The molecule has 2 rings (SSSR count). The Labute approximate surface area is 108 Å². The van der Waals surface area contributed by atoms with E-state index in [1.54, 1.807) is 0 Å². The Balaban J connectivity index is 2.10. The number of hydrogen-bond acceptors (Lipinski definition) is 3. The number of Topliss-reactive ketones (excluding diaryl/α,β-unsaturated/α-hetero) is 1. The highest BCUT2D eigenvalue weighted by atomic mass is 19.1. The summed E-state index contributed by atoms with van der Waals surface area (Å²) in [6.45, 7) is 0.217. The smallest absolute Gasteiger partial charge is 0.303 e. The highest BCUT2D eigenvalue weighted by Gasteiger charge is 2.35. The van der Waals surface area contributed by atoms with Crippen molar-refractivity contribution in [1.82, 2.24) is 0 Å². The van der Waals surface area contributed by atoms with Gasteiger partial charge in [-0.3, -0.25) is 14.4 Å². The molecule has 0 saturated heterocycles. The van der Waals surface area contributed by atoms with Crippen LogP contribution in [-0.2, 0) is 9.59 Å². The van der Waals surface area contributed by atoms with E-state index in [4.69, 9.17) is 5.11 Å². The van der Waals surface area contributed by atoms with E-state index in [1.165, 1.54) is 11.0 Å². The number of fused-ring (bicyclic) bond motifs is 1. The number of carbonyl (C=O) groups is 3. The normalized spacial score (nSPS) is 13.8. The van der Waals surface area contributed by atoms with Crippen LogP contribution in [0.4, 0.5) is 10.1 Å². The number of rotatable bonds is 5. The van der Waals surface area contributed by atoms with Crippen LogP contribution in [0.25, 0.3) is 0 Å². The number of amides is 1. The van der Waals surface area contributed by atoms with Gasteiger partial charge in [-0.05, 0) is 31.0 Å². The molecule has 5 nitrogen and oxygen atoms in total. The quantitative estimate of drug-likeness (QED) is 0.648. The molecule has 1 aromatic rings. The van der Waals surface area contributed by atoms with Crippen molar-refractivity contribution in [3.05, 3.63) is 29.6 Å². The van der Waals surface area contributed by atoms with Crippen LogP contribution in [0, 0.1) is 5.82 Å². The van der Waals surface area contributed by atoms with Gasteiger partial charge in [0.25, 0.3) is 11.7 Å². The third kappa shape index (κ3) is 2.62. The molecule has 0 atom stereocenters. The fourth-order valence-corrected chi connectivity index (χ4v) is 2.04. The van der Waals surface area contributed by atoms with E-state index in [-0.39, 0.29) is 24.2 Å². The van der Waals surface area contributed by atoms with Crippen molar-refractivity contribution in [1.29, 1.82) is 0 Å². The van der Waals surface area contributed by atoms with Crippen molar-refractivity contribution in [2.75, 3.05) is 11.4 Å². The number of anilines is 1. The fraction of sp³-hybridized carbons (Fsp3) is 0.308. The van der Waals surface area contributed by atoms with Crippen molar-refractivity contribution >= 4 is 23.3 Å². The standard InChI is InChI=1S/C13H12FNO4/c14-8-4-5-9-10(7-8)15(13(19)12(9)18)6-2-1-3-11(16)17/h4-5,7H,1-3,6H2,(H,16,17). The zero-order chi connectivity index (χ0) is 14.0. The number of hydrogen-bond donors (Lipinski definition) is 1. The molecule has 0 aromatic heterocycles. The third-order valence-electron chi connectivity index (χ3n) is 2.96. The molecule has 0 fully saturated rings. The van der Waals surface area contributed by atoms with Crippen LogP contribution >= 0.6 is 0 Å². The molecule has 0 unspecified atom stereocenters. The molecule has 1 aliphatic heterocycles. The molecule has 1 heterocycles. The maximum Gasteiger partial charge on any atom is 0.303 e. The molecule has 0 saturated carbocycles. The summed E-state index contributed by atoms with van der Waals surface area (Å²) in [4.78, 5) is 35.0. The summed E-state index contributed by atoms with van der Waals surface area (Å²) in [7, 11) is 0. The highest BCUT2D eigenvalue weighted by Crippen LogP contribution is 2.29. The maximum atomic E-state index is 13.2. The second kappa shape index (κ2) is 5.17. The molecule has 1 aromatic carbocycles. The number of carbonyl (C=O) groups excluding carboxylic acids is 2. The van der Waals surface area contributed by atoms with Crippen LogP contribution in [0.2, 0.25) is 0 Å². The summed E-state index contributed by atoms with van der Waals surface area (Å²) in [5.41, 5.74) is 0.468. The first-order valence-corrected chi connectivity index (χ1v) is 5.88. The summed E-state index contributed by atoms with van der Waals surface area (Å²) in [6.07, 6.45) is 0.852. The minimum absolute atomic E-state index is 0.00594. The summed E-state index contributed by atoms with van der Waals surface area (Å²) in [5.74, 6) is -2.75. The molecule has 19 heavy (non-hydrogen) atoms. The zero-order valence-corrected chi connectivity index (χ0v) is 10.1. The molecule has 100 valence electrons. The Hall–Kier alpha value is -2.24. The first kappa shape index (κ1) is 13.2. The van der Waals surface area contributed by atoms with Gasteiger partial charge < -0.3 is 10.0 Å². The number of carboxylic acids is 1. The molecule has 1 N–H and O–H groups in total. The van der Waals surface area contributed by atoms with Crippen molar-refractivity contribution < 1.29 is 23.9 Å².